The van der Waals surface area contributed by atoms with Crippen LogP contribution in [0.1, 0.15) is 93.9 Å². The van der Waals surface area contributed by atoms with E-state index in [4.69, 9.17) is 4.74 Å². The van der Waals surface area contributed by atoms with Crippen molar-refractivity contribution in [2.75, 3.05) is 33.4 Å². The fourth-order valence-corrected chi connectivity index (χ4v) is 6.75. The lowest BCUT2D eigenvalue weighted by Crippen LogP contribution is -2.54. The van der Waals surface area contributed by atoms with Gasteiger partial charge in [-0.1, -0.05) is 6.07 Å². The smallest absolute Gasteiger partial charge is 0.336 e. The first kappa shape index (κ1) is 26.5. The van der Waals surface area contributed by atoms with Crippen LogP contribution in [-0.2, 0) is 14.3 Å². The van der Waals surface area contributed by atoms with Crippen molar-refractivity contribution in [3.63, 3.8) is 0 Å². The number of fused-ring (bicyclic) bond motifs is 1. The van der Waals surface area contributed by atoms with Crippen molar-refractivity contribution in [1.29, 1.82) is 0 Å². The third-order valence-electron chi connectivity index (χ3n) is 8.77. The van der Waals surface area contributed by atoms with Gasteiger partial charge in [0, 0.05) is 26.7 Å². The van der Waals surface area contributed by atoms with Gasteiger partial charge in [-0.15, -0.1) is 0 Å². The van der Waals surface area contributed by atoms with Crippen LogP contribution in [0.4, 0.5) is 0 Å². The van der Waals surface area contributed by atoms with Crippen LogP contribution in [0.2, 0.25) is 0 Å². The highest BCUT2D eigenvalue weighted by atomic mass is 16.5. The Labute approximate surface area is 221 Å². The summed E-state index contributed by atoms with van der Waals surface area (Å²) < 4.78 is 5.31. The number of rotatable bonds is 7. The first-order valence-electron chi connectivity index (χ1n) is 13.6. The Morgan fingerprint density at radius 2 is 1.66 bits per heavy atom. The lowest BCUT2D eigenvalue weighted by atomic mass is 9.81. The summed E-state index contributed by atoms with van der Waals surface area (Å²) in [5.74, 6) is -2.59. The maximum Gasteiger partial charge on any atom is 0.336 e. The fourth-order valence-electron chi connectivity index (χ4n) is 6.75. The lowest BCUT2D eigenvalue weighted by Gasteiger charge is -2.37. The molecular formula is C28H35N3O7. The quantitative estimate of drug-likeness (QED) is 0.519. The molecule has 10 nitrogen and oxygen atoms in total. The SMILES string of the molecule is COCC1CCC(CN2CCC(c3ccc4c(c3C(=O)O)C(=O)N(C3CCC(=O)NC3=O)C4=O)CC2)CC1. The van der Waals surface area contributed by atoms with Crippen LogP contribution in [-0.4, -0.2) is 83.9 Å². The Balaban J connectivity index is 1.29. The molecule has 0 aromatic heterocycles. The average Bonchev–Trinajstić information content (AvgIpc) is 3.15. The van der Waals surface area contributed by atoms with Gasteiger partial charge in [-0.05, 0) is 87.4 Å². The van der Waals surface area contributed by atoms with Gasteiger partial charge < -0.3 is 14.7 Å². The van der Waals surface area contributed by atoms with Gasteiger partial charge in [-0.3, -0.25) is 29.4 Å². The standard InChI is InChI=1S/C28H35N3O7/c1-38-15-17-4-2-16(3-5-17)14-30-12-10-18(11-13-30)19-6-7-20-23(24(19)28(36)37)27(35)31(26(20)34)21-8-9-22(32)29-25(21)33/h6-7,16-18,21H,2-5,8-15H2,1H3,(H,36,37)(H,29,32,33). The van der Waals surface area contributed by atoms with E-state index in [0.29, 0.717) is 17.4 Å². The van der Waals surface area contributed by atoms with E-state index in [0.717, 1.165) is 44.0 Å². The number of likely N-dealkylation sites (tertiary alicyclic amines) is 1. The summed E-state index contributed by atoms with van der Waals surface area (Å²) >= 11 is 0. The van der Waals surface area contributed by atoms with E-state index in [2.05, 4.69) is 10.2 Å². The number of hydrogen-bond acceptors (Lipinski definition) is 7. The molecule has 1 saturated carbocycles. The van der Waals surface area contributed by atoms with E-state index in [-0.39, 0.29) is 35.4 Å². The van der Waals surface area contributed by atoms with Crippen LogP contribution in [0, 0.1) is 11.8 Å². The second kappa shape index (κ2) is 10.9. The van der Waals surface area contributed by atoms with Crippen molar-refractivity contribution in [2.45, 2.75) is 63.3 Å². The number of carbonyl (C=O) groups is 5. The molecule has 4 amide bonds. The maximum absolute atomic E-state index is 13.4. The molecule has 5 rings (SSSR count). The van der Waals surface area contributed by atoms with Crippen molar-refractivity contribution in [2.24, 2.45) is 11.8 Å². The van der Waals surface area contributed by atoms with Crippen molar-refractivity contribution < 1.29 is 33.8 Å². The molecule has 1 atom stereocenters. The Morgan fingerprint density at radius 3 is 2.29 bits per heavy atom. The molecular weight excluding hydrogens is 490 g/mol. The van der Waals surface area contributed by atoms with Gasteiger partial charge in [-0.25, -0.2) is 4.79 Å². The molecule has 3 aliphatic heterocycles. The maximum atomic E-state index is 13.4. The highest BCUT2D eigenvalue weighted by Gasteiger charge is 2.47. The Morgan fingerprint density at radius 1 is 0.974 bits per heavy atom. The van der Waals surface area contributed by atoms with Crippen molar-refractivity contribution in [3.8, 4) is 0 Å². The molecule has 38 heavy (non-hydrogen) atoms. The van der Waals surface area contributed by atoms with E-state index in [1.54, 1.807) is 13.2 Å². The molecule has 1 aromatic carbocycles. The summed E-state index contributed by atoms with van der Waals surface area (Å²) in [6.45, 7) is 3.60. The fraction of sp³-hybridized carbons (Fsp3) is 0.607. The normalized spacial score (nSPS) is 27.0. The summed E-state index contributed by atoms with van der Waals surface area (Å²) in [6, 6.07) is 2.06. The number of nitrogens with one attached hydrogen (secondary N) is 1. The average molecular weight is 526 g/mol. The predicted octanol–water partition coefficient (Wildman–Crippen LogP) is 2.42. The third kappa shape index (κ3) is 4.99. The molecule has 0 radical (unpaired) electrons. The van der Waals surface area contributed by atoms with E-state index >= 15 is 0 Å². The molecule has 1 unspecified atom stereocenters. The molecule has 0 bridgehead atoms. The highest BCUT2D eigenvalue weighted by molar-refractivity contribution is 6.26. The van der Waals surface area contributed by atoms with Crippen molar-refractivity contribution in [1.82, 2.24) is 15.1 Å². The van der Waals surface area contributed by atoms with Crippen LogP contribution in [0.15, 0.2) is 12.1 Å². The summed E-state index contributed by atoms with van der Waals surface area (Å²) in [7, 11) is 1.76. The molecule has 10 heteroatoms. The molecule has 3 fully saturated rings. The van der Waals surface area contributed by atoms with E-state index in [9.17, 15) is 29.1 Å². The number of amides is 4. The number of piperidine rings is 2. The van der Waals surface area contributed by atoms with Crippen LogP contribution in [0.3, 0.4) is 0 Å². The highest BCUT2D eigenvalue weighted by Crippen LogP contribution is 2.38. The zero-order valence-electron chi connectivity index (χ0n) is 21.7. The van der Waals surface area contributed by atoms with Gasteiger partial charge in [0.1, 0.15) is 6.04 Å². The number of nitrogens with zero attached hydrogens (tertiary/aromatic N) is 2. The largest absolute Gasteiger partial charge is 0.478 e. The van der Waals surface area contributed by atoms with Crippen molar-refractivity contribution in [3.05, 3.63) is 34.4 Å². The van der Waals surface area contributed by atoms with Gasteiger partial charge in [0.25, 0.3) is 11.8 Å². The number of carboxylic acids is 1. The number of aromatic carboxylic acids is 1. The van der Waals surface area contributed by atoms with Gasteiger partial charge in [-0.2, -0.15) is 0 Å². The zero-order chi connectivity index (χ0) is 27.0. The monoisotopic (exact) mass is 525 g/mol. The minimum atomic E-state index is -1.25. The number of imide groups is 2. The topological polar surface area (TPSA) is 133 Å². The molecule has 0 spiro atoms. The summed E-state index contributed by atoms with van der Waals surface area (Å²) in [5.41, 5.74) is 0.301. The molecule has 1 aromatic rings. The second-order valence-corrected chi connectivity index (χ2v) is 11.1. The van der Waals surface area contributed by atoms with Gasteiger partial charge in [0.2, 0.25) is 11.8 Å². The zero-order valence-corrected chi connectivity index (χ0v) is 21.7. The summed E-state index contributed by atoms with van der Waals surface area (Å²) in [4.78, 5) is 66.2. The first-order valence-corrected chi connectivity index (χ1v) is 13.6. The molecule has 2 N–H and O–H groups in total. The Hall–Kier alpha value is -3.11. The minimum absolute atomic E-state index is 0.00219. The van der Waals surface area contributed by atoms with E-state index in [1.807, 2.05) is 0 Å². The van der Waals surface area contributed by atoms with E-state index < -0.39 is 35.6 Å². The van der Waals surface area contributed by atoms with Crippen LogP contribution >= 0.6 is 0 Å². The Bertz CT molecular complexity index is 1150. The second-order valence-electron chi connectivity index (χ2n) is 11.1. The molecule has 204 valence electrons. The lowest BCUT2D eigenvalue weighted by molar-refractivity contribution is -0.136. The third-order valence-corrected chi connectivity index (χ3v) is 8.77. The van der Waals surface area contributed by atoms with Crippen molar-refractivity contribution >= 4 is 29.6 Å². The predicted molar refractivity (Wildman–Crippen MR) is 136 cm³/mol. The Kier molecular flexibility index (Phi) is 7.63. The van der Waals surface area contributed by atoms with Gasteiger partial charge in [0.05, 0.1) is 16.7 Å². The van der Waals surface area contributed by atoms with Crippen LogP contribution < -0.4 is 5.32 Å². The summed E-state index contributed by atoms with van der Waals surface area (Å²) in [5, 5.41) is 12.3. The van der Waals surface area contributed by atoms with E-state index in [1.165, 1.54) is 31.7 Å². The number of ether oxygens (including phenoxy) is 1. The number of hydrogen-bond donors (Lipinski definition) is 2. The molecule has 3 heterocycles. The first-order chi connectivity index (χ1) is 18.3. The number of carboxylic acid groups (broad SMARTS) is 1. The van der Waals surface area contributed by atoms with Crippen LogP contribution in [0.25, 0.3) is 0 Å². The number of methoxy groups -OCH3 is 1. The number of benzene rings is 1. The van der Waals surface area contributed by atoms with Gasteiger partial charge in [0.15, 0.2) is 0 Å². The summed E-state index contributed by atoms with van der Waals surface area (Å²) in [6.07, 6.45) is 6.41. The number of carbonyl (C=O) groups excluding carboxylic acids is 4. The molecule has 1 aliphatic carbocycles. The minimum Gasteiger partial charge on any atom is -0.478 e. The molecule has 2 saturated heterocycles. The van der Waals surface area contributed by atoms with Crippen LogP contribution in [0.5, 0.6) is 0 Å². The van der Waals surface area contributed by atoms with Gasteiger partial charge >= 0.3 is 5.97 Å². The molecule has 4 aliphatic rings.